The first-order valence-electron chi connectivity index (χ1n) is 7.33. The van der Waals surface area contributed by atoms with Crippen LogP contribution in [0.1, 0.15) is 78.1 Å². The summed E-state index contributed by atoms with van der Waals surface area (Å²) in [5, 5.41) is 7.87. The van der Waals surface area contributed by atoms with Crippen LogP contribution < -0.4 is 35.3 Å². The summed E-state index contributed by atoms with van der Waals surface area (Å²) in [6.45, 7) is 7.54. The fourth-order valence-electron chi connectivity index (χ4n) is 1.49. The predicted octanol–water partition coefficient (Wildman–Crippen LogP) is 1.16. The third kappa shape index (κ3) is 27.6. The van der Waals surface area contributed by atoms with Crippen LogP contribution in [-0.2, 0) is 4.79 Å². The largest absolute Gasteiger partial charge is 1.00 e. The molecule has 0 aliphatic heterocycles. The van der Waals surface area contributed by atoms with Gasteiger partial charge in [-0.25, -0.2) is 0 Å². The van der Waals surface area contributed by atoms with Gasteiger partial charge in [-0.1, -0.05) is 64.7 Å². The molecule has 1 unspecified atom stereocenters. The third-order valence-electron chi connectivity index (χ3n) is 2.74. The summed E-state index contributed by atoms with van der Waals surface area (Å²) in [5.41, 5.74) is 4.84. The molecule has 0 amide bonds. The molecule has 0 aromatic rings. The maximum absolute atomic E-state index is 9.57. The molecule has 0 saturated heterocycles. The standard InChI is InChI=1S/C12H25.C3H7NO2.Na/c1-3-5-7-9-11-12-10-8-6-4-2;1-2(4)3(5)6;/h1,3-12H2,2H3;2H,4H2,1H3,(H,5,6);/q-1;;+1. The van der Waals surface area contributed by atoms with Crippen molar-refractivity contribution in [1.29, 1.82) is 0 Å². The van der Waals surface area contributed by atoms with E-state index >= 15 is 0 Å². The number of hydrogen-bond donors (Lipinski definition) is 2. The Balaban J connectivity index is -0.000000313. The van der Waals surface area contributed by atoms with Gasteiger partial charge in [0.05, 0.1) is 0 Å². The number of aliphatic carboxylic acids is 1. The van der Waals surface area contributed by atoms with E-state index in [0.717, 1.165) is 6.42 Å². The van der Waals surface area contributed by atoms with Crippen molar-refractivity contribution in [3.63, 3.8) is 0 Å². The smallest absolute Gasteiger partial charge is 0.480 e. The number of hydrogen-bond acceptors (Lipinski definition) is 2. The molecule has 4 heteroatoms. The van der Waals surface area contributed by atoms with Crippen molar-refractivity contribution < 1.29 is 39.5 Å². The summed E-state index contributed by atoms with van der Waals surface area (Å²) < 4.78 is 0. The van der Waals surface area contributed by atoms with Gasteiger partial charge in [0.2, 0.25) is 0 Å². The average Bonchev–Trinajstić information content (AvgIpc) is 2.33. The average molecular weight is 281 g/mol. The van der Waals surface area contributed by atoms with Gasteiger partial charge in [-0.15, -0.1) is 0 Å². The van der Waals surface area contributed by atoms with Crippen LogP contribution in [0.5, 0.6) is 0 Å². The van der Waals surface area contributed by atoms with E-state index in [9.17, 15) is 4.79 Å². The Labute approximate surface area is 142 Å². The van der Waals surface area contributed by atoms with Gasteiger partial charge < -0.3 is 17.8 Å². The maximum Gasteiger partial charge on any atom is 1.00 e. The van der Waals surface area contributed by atoms with E-state index in [4.69, 9.17) is 10.8 Å². The second kappa shape index (κ2) is 20.7. The van der Waals surface area contributed by atoms with Crippen LogP contribution in [0.4, 0.5) is 0 Å². The number of carbonyl (C=O) groups is 1. The fourth-order valence-corrected chi connectivity index (χ4v) is 1.49. The minimum absolute atomic E-state index is 0. The molecule has 0 spiro atoms. The fraction of sp³-hybridized carbons (Fsp3) is 0.867. The molecule has 0 rings (SSSR count). The van der Waals surface area contributed by atoms with E-state index in [1.165, 1.54) is 64.7 Å². The summed E-state index contributed by atoms with van der Waals surface area (Å²) in [6, 6.07) is -0.731. The second-order valence-corrected chi connectivity index (χ2v) is 4.81. The summed E-state index contributed by atoms with van der Waals surface area (Å²) in [5.74, 6) is -0.963. The Morgan fingerprint density at radius 3 is 1.63 bits per heavy atom. The van der Waals surface area contributed by atoms with Gasteiger partial charge in [-0.3, -0.25) is 4.79 Å². The topological polar surface area (TPSA) is 63.3 Å². The van der Waals surface area contributed by atoms with Crippen molar-refractivity contribution >= 4 is 5.97 Å². The van der Waals surface area contributed by atoms with Gasteiger partial charge in [0.25, 0.3) is 0 Å². The molecule has 19 heavy (non-hydrogen) atoms. The number of nitrogens with two attached hydrogens (primary N) is 1. The molecule has 0 fully saturated rings. The minimum Gasteiger partial charge on any atom is -0.480 e. The van der Waals surface area contributed by atoms with E-state index in [0.29, 0.717) is 0 Å². The molecule has 110 valence electrons. The van der Waals surface area contributed by atoms with Gasteiger partial charge in [-0.05, 0) is 6.92 Å². The monoisotopic (exact) mass is 281 g/mol. The molecule has 0 heterocycles. The molecular formula is C15H32NNaO2. The van der Waals surface area contributed by atoms with Gasteiger partial charge in [0.15, 0.2) is 0 Å². The predicted molar refractivity (Wildman–Crippen MR) is 78.5 cm³/mol. The van der Waals surface area contributed by atoms with Gasteiger partial charge in [0.1, 0.15) is 6.04 Å². The molecule has 0 aromatic heterocycles. The van der Waals surface area contributed by atoms with Crippen molar-refractivity contribution in [3.8, 4) is 0 Å². The summed E-state index contributed by atoms with van der Waals surface area (Å²) in [6.07, 6.45) is 13.9. The van der Waals surface area contributed by atoms with E-state index in [1.807, 2.05) is 0 Å². The first-order valence-corrected chi connectivity index (χ1v) is 7.33. The Kier molecular flexibility index (Phi) is 26.7. The van der Waals surface area contributed by atoms with Crippen LogP contribution in [-0.4, -0.2) is 17.1 Å². The van der Waals surface area contributed by atoms with Gasteiger partial charge >= 0.3 is 35.5 Å². The molecule has 3 N–H and O–H groups in total. The second-order valence-electron chi connectivity index (χ2n) is 4.81. The Bertz CT molecular complexity index is 166. The van der Waals surface area contributed by atoms with Gasteiger partial charge in [0, 0.05) is 0 Å². The number of unbranched alkanes of at least 4 members (excludes halogenated alkanes) is 9. The number of carboxylic acids is 1. The molecule has 0 radical (unpaired) electrons. The van der Waals surface area contributed by atoms with Crippen LogP contribution in [0.2, 0.25) is 0 Å². The van der Waals surface area contributed by atoms with E-state index in [2.05, 4.69) is 13.8 Å². The normalized spacial score (nSPS) is 10.9. The van der Waals surface area contributed by atoms with E-state index in [1.54, 1.807) is 0 Å². The maximum atomic E-state index is 9.57. The number of carboxylic acid groups (broad SMARTS) is 1. The summed E-state index contributed by atoms with van der Waals surface area (Å²) in [4.78, 5) is 9.57. The summed E-state index contributed by atoms with van der Waals surface area (Å²) >= 11 is 0. The Morgan fingerprint density at radius 2 is 1.37 bits per heavy atom. The van der Waals surface area contributed by atoms with Crippen molar-refractivity contribution in [3.05, 3.63) is 6.92 Å². The van der Waals surface area contributed by atoms with Crippen LogP contribution in [0.25, 0.3) is 0 Å². The Morgan fingerprint density at radius 1 is 1.05 bits per heavy atom. The molecule has 0 aliphatic carbocycles. The minimum atomic E-state index is -0.963. The third-order valence-corrected chi connectivity index (χ3v) is 2.74. The quantitative estimate of drug-likeness (QED) is 0.359. The van der Waals surface area contributed by atoms with Crippen molar-refractivity contribution in [2.75, 3.05) is 0 Å². The Hall–Kier alpha value is 0.430. The first-order chi connectivity index (χ1) is 8.56. The van der Waals surface area contributed by atoms with Crippen molar-refractivity contribution in [2.45, 2.75) is 84.1 Å². The van der Waals surface area contributed by atoms with Crippen molar-refractivity contribution in [1.82, 2.24) is 0 Å². The van der Waals surface area contributed by atoms with E-state index in [-0.39, 0.29) is 29.6 Å². The first kappa shape index (κ1) is 24.4. The molecule has 0 bridgehead atoms. The van der Waals surface area contributed by atoms with Crippen LogP contribution in [0.3, 0.4) is 0 Å². The molecule has 0 aromatic carbocycles. The van der Waals surface area contributed by atoms with Crippen LogP contribution in [0.15, 0.2) is 0 Å². The molecular weight excluding hydrogens is 249 g/mol. The SMILES string of the molecule is CC(N)C(=O)O.[CH2-]CCCCCCCCCCC.[Na+]. The molecule has 1 atom stereocenters. The van der Waals surface area contributed by atoms with Crippen molar-refractivity contribution in [2.24, 2.45) is 5.73 Å². The molecule has 3 nitrogen and oxygen atoms in total. The molecule has 0 saturated carbocycles. The molecule has 0 aliphatic rings. The zero-order valence-electron chi connectivity index (χ0n) is 13.3. The summed E-state index contributed by atoms with van der Waals surface area (Å²) in [7, 11) is 0. The number of rotatable bonds is 10. The van der Waals surface area contributed by atoms with Crippen LogP contribution >= 0.6 is 0 Å². The van der Waals surface area contributed by atoms with Crippen LogP contribution in [0, 0.1) is 6.92 Å². The zero-order valence-corrected chi connectivity index (χ0v) is 15.3. The van der Waals surface area contributed by atoms with E-state index < -0.39 is 12.0 Å². The zero-order chi connectivity index (χ0) is 14.2. The van der Waals surface area contributed by atoms with Gasteiger partial charge in [-0.2, -0.15) is 6.42 Å².